The Balaban J connectivity index is 0.00000220. The normalized spacial score (nSPS) is 12.1. The predicted molar refractivity (Wildman–Crippen MR) is 211 cm³/mol. The van der Waals surface area contributed by atoms with E-state index in [0.29, 0.717) is 48.6 Å². The Labute approximate surface area is 394 Å². The van der Waals surface area contributed by atoms with Gasteiger partial charge in [0.15, 0.2) is 93.1 Å². The van der Waals surface area contributed by atoms with Gasteiger partial charge in [-0.15, -0.1) is 0 Å². The van der Waals surface area contributed by atoms with Gasteiger partial charge in [0.05, 0.1) is 45.0 Å². The predicted octanol–water partition coefficient (Wildman–Crippen LogP) is 15.5. The van der Waals surface area contributed by atoms with Crippen LogP contribution >= 0.6 is 20.2 Å². The molecule has 0 saturated heterocycles. The monoisotopic (exact) mass is 1100 g/mol. The Kier molecular flexibility index (Phi) is 13.3. The molecular weight excluding hydrogens is 1090 g/mol. The zero-order valence-electron chi connectivity index (χ0n) is 33.2. The van der Waals surface area contributed by atoms with Crippen molar-refractivity contribution in [1.82, 2.24) is 19.9 Å². The summed E-state index contributed by atoms with van der Waals surface area (Å²) in [6.07, 6.45) is 2.40. The number of benzene rings is 4. The first kappa shape index (κ1) is 50.6. The molecule has 2 aliphatic heterocycles. The van der Waals surface area contributed by atoms with Crippen molar-refractivity contribution in [3.8, 4) is 44.5 Å². The number of fused-ring (bicyclic) bond motifs is 8. The van der Waals surface area contributed by atoms with Crippen LogP contribution in [-0.2, 0) is 13.1 Å². The number of nitrogens with one attached hydrogen (secondary N) is 2. The van der Waals surface area contributed by atoms with Gasteiger partial charge in [-0.25, -0.2) is 97.8 Å². The first-order chi connectivity index (χ1) is 33.5. The van der Waals surface area contributed by atoms with E-state index in [2.05, 4.69) is 19.9 Å². The van der Waals surface area contributed by atoms with Crippen molar-refractivity contribution in [2.45, 2.75) is 0 Å². The summed E-state index contributed by atoms with van der Waals surface area (Å²) in [4.78, 5) is 12.3. The molecule has 0 radical (unpaired) electrons. The van der Waals surface area contributed by atoms with Crippen LogP contribution in [0.2, 0.25) is 0 Å². The second kappa shape index (κ2) is 18.7. The summed E-state index contributed by atoms with van der Waals surface area (Å²) >= 11 is 0.194. The fraction of sp³-hybridized carbons (Fsp3) is 0. The van der Waals surface area contributed by atoms with Gasteiger partial charge in [-0.2, -0.15) is 0 Å². The summed E-state index contributed by atoms with van der Waals surface area (Å²) in [7, 11) is 9.53. The van der Waals surface area contributed by atoms with Crippen molar-refractivity contribution in [2.24, 2.45) is 0 Å². The van der Waals surface area contributed by atoms with E-state index in [1.807, 2.05) is 0 Å². The Morgan fingerprint density at radius 2 is 0.394 bits per heavy atom. The van der Waals surface area contributed by atoms with E-state index in [-0.39, 0.29) is 13.1 Å². The van der Waals surface area contributed by atoms with Gasteiger partial charge >= 0.3 is 33.3 Å². The van der Waals surface area contributed by atoms with Crippen LogP contribution < -0.4 is 0 Å². The van der Waals surface area contributed by atoms with E-state index in [9.17, 15) is 52.7 Å². The molecule has 0 saturated carbocycles. The summed E-state index contributed by atoms with van der Waals surface area (Å²) in [5, 5.41) is 0. The minimum atomic E-state index is -2.72. The van der Waals surface area contributed by atoms with Gasteiger partial charge in [0, 0.05) is 44.3 Å². The molecule has 5 heterocycles. The summed E-state index contributed by atoms with van der Waals surface area (Å²) in [6.45, 7) is 0. The van der Waals surface area contributed by atoms with Crippen molar-refractivity contribution in [3.63, 3.8) is 0 Å². The molecule has 7 aromatic rings. The average Bonchev–Trinajstić information content (AvgIpc) is 4.21. The van der Waals surface area contributed by atoms with Crippen molar-refractivity contribution in [2.75, 3.05) is 0 Å². The topological polar surface area (TPSA) is 57.4 Å². The molecule has 4 nitrogen and oxygen atoms in total. The summed E-state index contributed by atoms with van der Waals surface area (Å²) in [5.41, 5.74) is -20.5. The molecule has 8 bridgehead atoms. The van der Waals surface area contributed by atoms with Crippen molar-refractivity contribution in [3.05, 3.63) is 163 Å². The van der Waals surface area contributed by atoms with Crippen molar-refractivity contribution < 1.29 is 101 Å². The molecule has 3 aromatic heterocycles. The maximum atomic E-state index is 15.8. The molecule has 0 unspecified atom stereocenters. The molecule has 2 aliphatic rings. The van der Waals surface area contributed by atoms with Gasteiger partial charge in [0.1, 0.15) is 0 Å². The zero-order valence-corrected chi connectivity index (χ0v) is 35.8. The number of hydrogen-bond donors (Lipinski definition) is 2. The number of aromatic nitrogens is 4. The Bertz CT molecular complexity index is 3160. The third kappa shape index (κ3) is 7.88. The standard InChI is InChI=1S/C44H10F20N4.2ClH.Fe/c45-25-21(26(46)34(54)41(61)33(25)53)17-9-1-2-10(65-9)18(22-27(47)35(55)42(62)36(56)28(22)48)12-5-6-14(67-12)20(24-31(51)39(59)44(64)40(60)32(24)52)16-8-7-15(68-16)19(13-4-3-11(17)66-13)23-29(49)37(57)43(63)38(58)30(23)50;;;/h1-8,65,68H;2*1H;/q;;;+2/p-2. The maximum absolute atomic E-state index is 15.8. The van der Waals surface area contributed by atoms with Crippen molar-refractivity contribution in [1.29, 1.82) is 0 Å². The fourth-order valence-corrected chi connectivity index (χ4v) is 7.56. The molecule has 368 valence electrons. The van der Waals surface area contributed by atoms with Crippen LogP contribution in [-0.4, -0.2) is 19.9 Å². The van der Waals surface area contributed by atoms with Crippen LogP contribution in [0.4, 0.5) is 87.8 Å². The van der Waals surface area contributed by atoms with Gasteiger partial charge in [-0.1, -0.05) is 0 Å². The molecule has 0 aliphatic carbocycles. The molecule has 27 heteroatoms. The molecule has 2 N–H and O–H groups in total. The summed E-state index contributed by atoms with van der Waals surface area (Å²) < 4.78 is 303. The van der Waals surface area contributed by atoms with Crippen LogP contribution in [0.3, 0.4) is 0 Å². The fourth-order valence-electron chi connectivity index (χ4n) is 7.56. The number of hydrogen-bond acceptors (Lipinski definition) is 2. The number of aromatic amines is 2. The van der Waals surface area contributed by atoms with E-state index in [1.54, 1.807) is 0 Å². The van der Waals surface area contributed by atoms with Crippen LogP contribution in [0.25, 0.3) is 90.9 Å². The molecule has 9 rings (SSSR count). The van der Waals surface area contributed by atoms with Gasteiger partial charge < -0.3 is 9.97 Å². The summed E-state index contributed by atoms with van der Waals surface area (Å²) in [5.74, 6) is -52.6. The summed E-state index contributed by atoms with van der Waals surface area (Å²) in [6, 6.07) is 2.51. The first-order valence-electron chi connectivity index (χ1n) is 18.6. The van der Waals surface area contributed by atoms with Gasteiger partial charge in [0.2, 0.25) is 23.3 Å². The minimum absolute atomic E-state index is 0.194. The van der Waals surface area contributed by atoms with Gasteiger partial charge in [0.25, 0.3) is 0 Å². The molecule has 0 amide bonds. The van der Waals surface area contributed by atoms with E-state index in [1.165, 1.54) is 0 Å². The number of H-pyrrole nitrogens is 2. The zero-order chi connectivity index (χ0) is 52.0. The third-order valence-corrected chi connectivity index (χ3v) is 10.6. The van der Waals surface area contributed by atoms with E-state index >= 15 is 35.1 Å². The average molecular weight is 1100 g/mol. The van der Waals surface area contributed by atoms with Crippen molar-refractivity contribution >= 4 is 66.6 Å². The SMILES string of the molecule is Fc1c(F)c(F)c(-c2c3nc(c(-c4c(F)c(F)c(F)c(F)c4F)c4ccc([nH]4)c(-c4c(F)c(F)c(F)c(F)c4F)c4nc(c(-c5c(F)c(F)c(F)c(F)c5F)c5ccc2[nH]5)C=C4)C=C3)c(F)c1F.[Cl][Fe][Cl]. The van der Waals surface area contributed by atoms with Gasteiger partial charge in [-0.3, -0.25) is 0 Å². The van der Waals surface area contributed by atoms with E-state index in [4.69, 9.17) is 20.2 Å². The molecular formula is C44H10Cl2F20FeN4. The molecule has 0 atom stereocenters. The molecule has 71 heavy (non-hydrogen) atoms. The van der Waals surface area contributed by atoms with E-state index in [0.717, 1.165) is 0 Å². The van der Waals surface area contributed by atoms with E-state index < -0.39 is 206 Å². The van der Waals surface area contributed by atoms with Crippen LogP contribution in [0.15, 0.2) is 24.3 Å². The quantitative estimate of drug-likeness (QED) is 0.0799. The second-order valence-corrected chi connectivity index (χ2v) is 16.2. The number of rotatable bonds is 4. The molecule has 0 fully saturated rings. The second-order valence-electron chi connectivity index (χ2n) is 14.3. The van der Waals surface area contributed by atoms with Crippen LogP contribution in [0, 0.1) is 116 Å². The number of nitrogens with zero attached hydrogens (tertiary/aromatic N) is 2. The Morgan fingerprint density at radius 3 is 0.549 bits per heavy atom. The molecule has 4 aromatic carbocycles. The van der Waals surface area contributed by atoms with Crippen LogP contribution in [0.1, 0.15) is 22.8 Å². The number of halogens is 22. The Morgan fingerprint density at radius 1 is 0.254 bits per heavy atom. The van der Waals surface area contributed by atoms with Crippen LogP contribution in [0.5, 0.6) is 0 Å². The Hall–Kier alpha value is -6.82. The third-order valence-electron chi connectivity index (χ3n) is 10.6. The first-order valence-corrected chi connectivity index (χ1v) is 21.6. The van der Waals surface area contributed by atoms with Gasteiger partial charge in [-0.05, 0) is 48.6 Å². The molecule has 0 spiro atoms.